The molecule has 0 atom stereocenters. The molecule has 2 aromatic carbocycles. The van der Waals surface area contributed by atoms with E-state index in [1.54, 1.807) is 30.3 Å². The van der Waals surface area contributed by atoms with Crippen LogP contribution in [0.15, 0.2) is 60.7 Å². The molecule has 0 radical (unpaired) electrons. The fourth-order valence-electron chi connectivity index (χ4n) is 2.44. The van der Waals surface area contributed by atoms with Gasteiger partial charge in [0.05, 0.1) is 0 Å². The number of carbonyl (C=O) groups is 1. The number of aromatic nitrogens is 1. The smallest absolute Gasteiger partial charge is 0.256 e. The Bertz CT molecular complexity index is 891. The summed E-state index contributed by atoms with van der Waals surface area (Å²) in [6, 6.07) is 18.2. The van der Waals surface area contributed by atoms with Crippen LogP contribution < -0.4 is 11.1 Å². The molecule has 1 amide bonds. The monoisotopic (exact) mass is 337 g/mol. The second-order valence-corrected chi connectivity index (χ2v) is 5.84. The van der Waals surface area contributed by atoms with Crippen molar-refractivity contribution < 1.29 is 4.79 Å². The first-order chi connectivity index (χ1) is 11.5. The Morgan fingerprint density at radius 2 is 1.71 bits per heavy atom. The molecule has 0 saturated carbocycles. The van der Waals surface area contributed by atoms with Crippen molar-refractivity contribution in [3.05, 3.63) is 76.8 Å². The van der Waals surface area contributed by atoms with E-state index in [0.717, 1.165) is 16.7 Å². The molecule has 1 heterocycles. The number of aryl methyl sites for hydroxylation is 1. The first-order valence-electron chi connectivity index (χ1n) is 7.44. The van der Waals surface area contributed by atoms with E-state index in [9.17, 15) is 4.79 Å². The molecule has 1 aromatic heterocycles. The zero-order valence-corrected chi connectivity index (χ0v) is 13.8. The molecule has 0 aliphatic carbocycles. The normalized spacial score (nSPS) is 10.4. The number of carbonyl (C=O) groups excluding carboxylic acids is 1. The first kappa shape index (κ1) is 16.0. The number of nitrogens with zero attached hydrogens (tertiary/aromatic N) is 1. The van der Waals surface area contributed by atoms with Crippen LogP contribution in [0.5, 0.6) is 0 Å². The Morgan fingerprint density at radius 3 is 2.38 bits per heavy atom. The third-order valence-corrected chi connectivity index (χ3v) is 3.96. The van der Waals surface area contributed by atoms with Crippen LogP contribution in [0, 0.1) is 6.92 Å². The second kappa shape index (κ2) is 6.72. The van der Waals surface area contributed by atoms with E-state index in [0.29, 0.717) is 22.2 Å². The molecule has 0 saturated heterocycles. The summed E-state index contributed by atoms with van der Waals surface area (Å²) in [6.07, 6.45) is 0. The van der Waals surface area contributed by atoms with Crippen molar-refractivity contribution in [2.45, 2.75) is 6.92 Å². The maximum atomic E-state index is 12.2. The number of hydrogen-bond donors (Lipinski definition) is 2. The molecule has 0 spiro atoms. The number of halogens is 1. The van der Waals surface area contributed by atoms with E-state index >= 15 is 0 Å². The summed E-state index contributed by atoms with van der Waals surface area (Å²) in [6.45, 7) is 2.02. The maximum absolute atomic E-state index is 12.2. The van der Waals surface area contributed by atoms with Crippen LogP contribution in [0.4, 0.5) is 11.6 Å². The molecule has 3 rings (SSSR count). The summed E-state index contributed by atoms with van der Waals surface area (Å²) in [5.41, 5.74) is 9.57. The largest absolute Gasteiger partial charge is 0.383 e. The number of nitrogen functional groups attached to an aromatic ring is 1. The van der Waals surface area contributed by atoms with Crippen LogP contribution in [-0.2, 0) is 0 Å². The van der Waals surface area contributed by atoms with Crippen molar-refractivity contribution in [2.24, 2.45) is 0 Å². The van der Waals surface area contributed by atoms with Gasteiger partial charge in [-0.2, -0.15) is 0 Å². The van der Waals surface area contributed by atoms with E-state index in [1.807, 2.05) is 37.3 Å². The lowest BCUT2D eigenvalue weighted by Crippen LogP contribution is -2.13. The minimum Gasteiger partial charge on any atom is -0.383 e. The molecule has 5 heteroatoms. The van der Waals surface area contributed by atoms with E-state index in [2.05, 4.69) is 10.3 Å². The molecule has 24 heavy (non-hydrogen) atoms. The predicted molar refractivity (Wildman–Crippen MR) is 98.2 cm³/mol. The number of anilines is 2. The molecule has 3 aromatic rings. The predicted octanol–water partition coefficient (Wildman–Crippen LogP) is 4.54. The van der Waals surface area contributed by atoms with Crippen LogP contribution in [0.25, 0.3) is 11.1 Å². The van der Waals surface area contributed by atoms with Gasteiger partial charge < -0.3 is 11.1 Å². The lowest BCUT2D eigenvalue weighted by molar-refractivity contribution is 0.102. The van der Waals surface area contributed by atoms with Gasteiger partial charge in [0, 0.05) is 16.1 Å². The van der Waals surface area contributed by atoms with Crippen LogP contribution in [-0.4, -0.2) is 10.9 Å². The van der Waals surface area contributed by atoms with Gasteiger partial charge in [-0.25, -0.2) is 4.98 Å². The van der Waals surface area contributed by atoms with Crippen LogP contribution >= 0.6 is 11.6 Å². The van der Waals surface area contributed by atoms with E-state index < -0.39 is 0 Å². The molecule has 0 aliphatic heterocycles. The van der Waals surface area contributed by atoms with Crippen molar-refractivity contribution in [1.82, 2.24) is 4.98 Å². The Kier molecular flexibility index (Phi) is 4.49. The van der Waals surface area contributed by atoms with Crippen molar-refractivity contribution in [3.63, 3.8) is 0 Å². The molecule has 0 unspecified atom stereocenters. The highest BCUT2D eigenvalue weighted by Gasteiger charge is 2.10. The number of pyridine rings is 1. The summed E-state index contributed by atoms with van der Waals surface area (Å²) >= 11 is 5.83. The van der Waals surface area contributed by atoms with Crippen LogP contribution in [0.3, 0.4) is 0 Å². The molecule has 0 bridgehead atoms. The SMILES string of the molecule is Cc1ccccc1-c1ccc(NC(=O)c2ccc(Cl)cc2)nc1N. The van der Waals surface area contributed by atoms with E-state index in [4.69, 9.17) is 17.3 Å². The number of rotatable bonds is 3. The first-order valence-corrected chi connectivity index (χ1v) is 7.82. The van der Waals surface area contributed by atoms with Crippen molar-refractivity contribution in [2.75, 3.05) is 11.1 Å². The molecular weight excluding hydrogens is 322 g/mol. The Balaban J connectivity index is 1.84. The minimum absolute atomic E-state index is 0.262. The number of benzene rings is 2. The lowest BCUT2D eigenvalue weighted by Gasteiger charge is -2.11. The topological polar surface area (TPSA) is 68.0 Å². The molecular formula is C19H16ClN3O. The molecule has 0 fully saturated rings. The number of amides is 1. The fraction of sp³-hybridized carbons (Fsp3) is 0.0526. The van der Waals surface area contributed by atoms with Gasteiger partial charge in [-0.15, -0.1) is 0 Å². The number of hydrogen-bond acceptors (Lipinski definition) is 3. The lowest BCUT2D eigenvalue weighted by atomic mass is 10.0. The summed E-state index contributed by atoms with van der Waals surface area (Å²) in [5, 5.41) is 3.32. The van der Waals surface area contributed by atoms with Gasteiger partial charge in [-0.1, -0.05) is 35.9 Å². The zero-order chi connectivity index (χ0) is 17.1. The van der Waals surface area contributed by atoms with E-state index in [-0.39, 0.29) is 5.91 Å². The van der Waals surface area contributed by atoms with Crippen molar-refractivity contribution in [1.29, 1.82) is 0 Å². The number of nitrogens with two attached hydrogens (primary N) is 1. The third-order valence-electron chi connectivity index (χ3n) is 3.71. The van der Waals surface area contributed by atoms with Crippen LogP contribution in [0.2, 0.25) is 5.02 Å². The Hall–Kier alpha value is -2.85. The molecule has 120 valence electrons. The quantitative estimate of drug-likeness (QED) is 0.737. The van der Waals surface area contributed by atoms with Gasteiger partial charge in [0.25, 0.3) is 5.91 Å². The highest BCUT2D eigenvalue weighted by Crippen LogP contribution is 2.28. The average molecular weight is 338 g/mol. The van der Waals surface area contributed by atoms with Gasteiger partial charge >= 0.3 is 0 Å². The van der Waals surface area contributed by atoms with Gasteiger partial charge in [-0.3, -0.25) is 4.79 Å². The highest BCUT2D eigenvalue weighted by molar-refractivity contribution is 6.30. The zero-order valence-electron chi connectivity index (χ0n) is 13.1. The molecule has 3 N–H and O–H groups in total. The summed E-state index contributed by atoms with van der Waals surface area (Å²) in [5.74, 6) is 0.519. The summed E-state index contributed by atoms with van der Waals surface area (Å²) in [7, 11) is 0. The average Bonchev–Trinajstić information content (AvgIpc) is 2.56. The molecule has 0 aliphatic rings. The standard InChI is InChI=1S/C19H16ClN3O/c1-12-4-2-3-5-15(12)16-10-11-17(22-18(16)21)23-19(24)13-6-8-14(20)9-7-13/h2-11H,1H3,(H3,21,22,23,24). The van der Waals surface area contributed by atoms with Crippen LogP contribution in [0.1, 0.15) is 15.9 Å². The van der Waals surface area contributed by atoms with Gasteiger partial charge in [0.2, 0.25) is 0 Å². The third kappa shape index (κ3) is 3.39. The maximum Gasteiger partial charge on any atom is 0.256 e. The Labute approximate surface area is 145 Å². The van der Waals surface area contributed by atoms with Gasteiger partial charge in [0.15, 0.2) is 0 Å². The Morgan fingerprint density at radius 1 is 1.00 bits per heavy atom. The van der Waals surface area contributed by atoms with Gasteiger partial charge in [0.1, 0.15) is 11.6 Å². The van der Waals surface area contributed by atoms with Crippen molar-refractivity contribution >= 4 is 29.1 Å². The number of nitrogens with one attached hydrogen (secondary N) is 1. The van der Waals surface area contributed by atoms with Crippen molar-refractivity contribution in [3.8, 4) is 11.1 Å². The summed E-state index contributed by atoms with van der Waals surface area (Å²) < 4.78 is 0. The summed E-state index contributed by atoms with van der Waals surface area (Å²) in [4.78, 5) is 16.5. The van der Waals surface area contributed by atoms with Gasteiger partial charge in [-0.05, 0) is 54.4 Å². The fourth-order valence-corrected chi connectivity index (χ4v) is 2.56. The highest BCUT2D eigenvalue weighted by atomic mass is 35.5. The molecule has 4 nitrogen and oxygen atoms in total. The van der Waals surface area contributed by atoms with E-state index in [1.165, 1.54) is 0 Å². The minimum atomic E-state index is -0.262. The second-order valence-electron chi connectivity index (χ2n) is 5.41.